The highest BCUT2D eigenvalue weighted by atomic mass is 35.5. The average molecular weight is 291 g/mol. The van der Waals surface area contributed by atoms with E-state index in [1.807, 2.05) is 12.1 Å². The topological polar surface area (TPSA) is 17.0 Å². The first kappa shape index (κ1) is 15.1. The molecule has 0 saturated heterocycles. The highest BCUT2D eigenvalue weighted by molar-refractivity contribution is 6.30. The van der Waals surface area contributed by atoms with Crippen molar-refractivity contribution >= 4 is 11.6 Å². The van der Waals surface area contributed by atoms with Crippen LogP contribution < -0.4 is 5.32 Å². The van der Waals surface area contributed by atoms with Crippen LogP contribution in [0.2, 0.25) is 5.02 Å². The number of benzene rings is 1. The lowest BCUT2D eigenvalue weighted by Gasteiger charge is -2.23. The highest BCUT2D eigenvalue weighted by Crippen LogP contribution is 2.23. The molecule has 3 heteroatoms. The summed E-state index contributed by atoms with van der Waals surface area (Å²) in [6, 6.07) is 12.8. The van der Waals surface area contributed by atoms with Gasteiger partial charge in [0.15, 0.2) is 0 Å². The van der Waals surface area contributed by atoms with E-state index in [2.05, 4.69) is 61.1 Å². The molecular weight excluding hydrogens is 268 g/mol. The van der Waals surface area contributed by atoms with Crippen LogP contribution in [0.4, 0.5) is 0 Å². The SMILES string of the molecule is CCn1cccc1CNC(c1ccc(Cl)cc1)C(C)C. The Hall–Kier alpha value is -1.25. The van der Waals surface area contributed by atoms with Crippen LogP contribution in [0.15, 0.2) is 42.6 Å². The Kier molecular flexibility index (Phi) is 5.27. The third-order valence-electron chi connectivity index (χ3n) is 3.66. The number of hydrogen-bond donors (Lipinski definition) is 1. The Labute approximate surface area is 126 Å². The van der Waals surface area contributed by atoms with Crippen LogP contribution in [0.3, 0.4) is 0 Å². The van der Waals surface area contributed by atoms with Gasteiger partial charge in [-0.25, -0.2) is 0 Å². The Bertz CT molecular complexity index is 528. The number of rotatable bonds is 6. The van der Waals surface area contributed by atoms with Gasteiger partial charge in [0.05, 0.1) is 0 Å². The third-order valence-corrected chi connectivity index (χ3v) is 3.92. The van der Waals surface area contributed by atoms with E-state index < -0.39 is 0 Å². The summed E-state index contributed by atoms with van der Waals surface area (Å²) in [5, 5.41) is 4.46. The minimum absolute atomic E-state index is 0.340. The summed E-state index contributed by atoms with van der Waals surface area (Å²) < 4.78 is 2.27. The van der Waals surface area contributed by atoms with Gasteiger partial charge < -0.3 is 9.88 Å². The van der Waals surface area contributed by atoms with Crippen LogP contribution in [-0.2, 0) is 13.1 Å². The third kappa shape index (κ3) is 3.65. The molecule has 0 saturated carbocycles. The fraction of sp³-hybridized carbons (Fsp3) is 0.412. The van der Waals surface area contributed by atoms with Crippen molar-refractivity contribution in [3.63, 3.8) is 0 Å². The minimum Gasteiger partial charge on any atom is -0.351 e. The van der Waals surface area contributed by atoms with Crippen LogP contribution in [0.25, 0.3) is 0 Å². The molecule has 0 fully saturated rings. The summed E-state index contributed by atoms with van der Waals surface area (Å²) >= 11 is 5.97. The second-order valence-corrected chi connectivity index (χ2v) is 5.88. The molecule has 0 amide bonds. The fourth-order valence-corrected chi connectivity index (χ4v) is 2.67. The number of aryl methyl sites for hydroxylation is 1. The number of aromatic nitrogens is 1. The summed E-state index contributed by atoms with van der Waals surface area (Å²) in [5.74, 6) is 0.529. The molecule has 1 atom stereocenters. The van der Waals surface area contributed by atoms with Gasteiger partial charge in [0, 0.05) is 36.0 Å². The lowest BCUT2D eigenvalue weighted by atomic mass is 9.96. The van der Waals surface area contributed by atoms with Crippen LogP contribution in [0.5, 0.6) is 0 Å². The van der Waals surface area contributed by atoms with Crippen molar-refractivity contribution in [3.05, 3.63) is 58.9 Å². The first-order chi connectivity index (χ1) is 9.61. The standard InChI is InChI=1S/C17H23ClN2/c1-4-20-11-5-6-16(20)12-19-17(13(2)3)14-7-9-15(18)10-8-14/h5-11,13,17,19H,4,12H2,1-3H3. The van der Waals surface area contributed by atoms with Gasteiger partial charge in [-0.05, 0) is 42.7 Å². The summed E-state index contributed by atoms with van der Waals surface area (Å²) in [6.45, 7) is 8.54. The molecule has 0 spiro atoms. The molecule has 0 bridgehead atoms. The average Bonchev–Trinajstić information content (AvgIpc) is 2.88. The van der Waals surface area contributed by atoms with Crippen LogP contribution in [0.1, 0.15) is 38.1 Å². The smallest absolute Gasteiger partial charge is 0.0406 e. The monoisotopic (exact) mass is 290 g/mol. The fourth-order valence-electron chi connectivity index (χ4n) is 2.54. The van der Waals surface area contributed by atoms with Crippen molar-refractivity contribution in [2.24, 2.45) is 5.92 Å². The first-order valence-electron chi connectivity index (χ1n) is 7.24. The molecule has 108 valence electrons. The van der Waals surface area contributed by atoms with Gasteiger partial charge in [0.1, 0.15) is 0 Å². The molecule has 1 aromatic heterocycles. The maximum absolute atomic E-state index is 5.97. The molecule has 1 aromatic carbocycles. The van der Waals surface area contributed by atoms with Crippen molar-refractivity contribution in [1.82, 2.24) is 9.88 Å². The number of nitrogens with zero attached hydrogens (tertiary/aromatic N) is 1. The first-order valence-corrected chi connectivity index (χ1v) is 7.62. The molecule has 0 aliphatic heterocycles. The van der Waals surface area contributed by atoms with Gasteiger partial charge in [-0.15, -0.1) is 0 Å². The van der Waals surface area contributed by atoms with Gasteiger partial charge >= 0.3 is 0 Å². The second-order valence-electron chi connectivity index (χ2n) is 5.44. The van der Waals surface area contributed by atoms with E-state index in [4.69, 9.17) is 11.6 Å². The maximum Gasteiger partial charge on any atom is 0.0406 e. The summed E-state index contributed by atoms with van der Waals surface area (Å²) in [6.07, 6.45) is 2.13. The van der Waals surface area contributed by atoms with Crippen molar-refractivity contribution < 1.29 is 0 Å². The zero-order chi connectivity index (χ0) is 14.5. The molecule has 0 aliphatic rings. The van der Waals surface area contributed by atoms with Crippen molar-refractivity contribution in [2.45, 2.75) is 39.9 Å². The van der Waals surface area contributed by atoms with Crippen LogP contribution >= 0.6 is 11.6 Å². The lowest BCUT2D eigenvalue weighted by molar-refractivity contribution is 0.405. The van der Waals surface area contributed by atoms with Gasteiger partial charge in [-0.1, -0.05) is 37.6 Å². The van der Waals surface area contributed by atoms with Crippen molar-refractivity contribution in [2.75, 3.05) is 0 Å². The number of nitrogens with one attached hydrogen (secondary N) is 1. The predicted molar refractivity (Wildman–Crippen MR) is 86.0 cm³/mol. The number of halogens is 1. The largest absolute Gasteiger partial charge is 0.351 e. The van der Waals surface area contributed by atoms with Crippen LogP contribution in [0, 0.1) is 5.92 Å². The van der Waals surface area contributed by atoms with E-state index in [0.717, 1.165) is 18.1 Å². The number of hydrogen-bond acceptors (Lipinski definition) is 1. The van der Waals surface area contributed by atoms with Crippen molar-refractivity contribution in [3.8, 4) is 0 Å². The highest BCUT2D eigenvalue weighted by Gasteiger charge is 2.15. The van der Waals surface area contributed by atoms with E-state index in [9.17, 15) is 0 Å². The Balaban J connectivity index is 2.08. The Morgan fingerprint density at radius 2 is 1.85 bits per heavy atom. The molecule has 2 nitrogen and oxygen atoms in total. The van der Waals surface area contributed by atoms with Crippen LogP contribution in [-0.4, -0.2) is 4.57 Å². The molecule has 2 aromatic rings. The molecule has 2 rings (SSSR count). The molecule has 1 unspecified atom stereocenters. The van der Waals surface area contributed by atoms with Gasteiger partial charge in [0.2, 0.25) is 0 Å². The van der Waals surface area contributed by atoms with Crippen molar-refractivity contribution in [1.29, 1.82) is 0 Å². The molecular formula is C17H23ClN2. The zero-order valence-electron chi connectivity index (χ0n) is 12.4. The van der Waals surface area contributed by atoms with E-state index in [1.165, 1.54) is 11.3 Å². The second kappa shape index (κ2) is 6.96. The molecule has 1 heterocycles. The molecule has 1 N–H and O–H groups in total. The zero-order valence-corrected chi connectivity index (χ0v) is 13.2. The van der Waals surface area contributed by atoms with E-state index in [1.54, 1.807) is 0 Å². The van der Waals surface area contributed by atoms with E-state index in [0.29, 0.717) is 12.0 Å². The summed E-state index contributed by atoms with van der Waals surface area (Å²) in [4.78, 5) is 0. The molecule has 0 radical (unpaired) electrons. The quantitative estimate of drug-likeness (QED) is 0.819. The Morgan fingerprint density at radius 3 is 2.45 bits per heavy atom. The van der Waals surface area contributed by atoms with Gasteiger partial charge in [-0.3, -0.25) is 0 Å². The van der Waals surface area contributed by atoms with E-state index in [-0.39, 0.29) is 0 Å². The predicted octanol–water partition coefficient (Wildman–Crippen LogP) is 4.65. The van der Waals surface area contributed by atoms with E-state index >= 15 is 0 Å². The molecule has 0 aliphatic carbocycles. The Morgan fingerprint density at radius 1 is 1.15 bits per heavy atom. The lowest BCUT2D eigenvalue weighted by Crippen LogP contribution is -2.26. The molecule has 20 heavy (non-hydrogen) atoms. The maximum atomic E-state index is 5.97. The summed E-state index contributed by atoms with van der Waals surface area (Å²) in [5.41, 5.74) is 2.62. The minimum atomic E-state index is 0.340. The van der Waals surface area contributed by atoms with Gasteiger partial charge in [-0.2, -0.15) is 0 Å². The summed E-state index contributed by atoms with van der Waals surface area (Å²) in [7, 11) is 0. The normalized spacial score (nSPS) is 12.8. The van der Waals surface area contributed by atoms with Gasteiger partial charge in [0.25, 0.3) is 0 Å².